The summed E-state index contributed by atoms with van der Waals surface area (Å²) in [7, 11) is 1.53. The molecule has 178 valence electrons. The molecule has 1 aliphatic rings. The van der Waals surface area contributed by atoms with Gasteiger partial charge in [0.05, 0.1) is 24.2 Å². The Bertz CT molecular complexity index is 1140. The van der Waals surface area contributed by atoms with Gasteiger partial charge in [-0.1, -0.05) is 49.2 Å². The quantitative estimate of drug-likeness (QED) is 0.441. The van der Waals surface area contributed by atoms with Gasteiger partial charge in [-0.2, -0.15) is 0 Å². The third kappa shape index (κ3) is 5.96. The van der Waals surface area contributed by atoms with Gasteiger partial charge in [-0.15, -0.1) is 5.10 Å². The van der Waals surface area contributed by atoms with Crippen molar-refractivity contribution in [3.63, 3.8) is 0 Å². The number of amides is 2. The lowest BCUT2D eigenvalue weighted by Crippen LogP contribution is -2.15. The van der Waals surface area contributed by atoms with E-state index in [1.807, 2.05) is 35.0 Å². The molecule has 0 bridgehead atoms. The first-order valence-electron chi connectivity index (χ1n) is 11.4. The SMILES string of the molecule is COc1ccc(NC(C)=O)cc1NC(=O)CSc1nc(C2CCCCC2)n(-c2ccccc2)n1. The third-order valence-electron chi connectivity index (χ3n) is 5.71. The lowest BCUT2D eigenvalue weighted by molar-refractivity contribution is -0.114. The van der Waals surface area contributed by atoms with Gasteiger partial charge in [0.25, 0.3) is 0 Å². The van der Waals surface area contributed by atoms with Gasteiger partial charge in [-0.05, 0) is 43.2 Å². The van der Waals surface area contributed by atoms with Crippen molar-refractivity contribution in [1.82, 2.24) is 14.8 Å². The van der Waals surface area contributed by atoms with Crippen molar-refractivity contribution in [2.45, 2.75) is 50.1 Å². The molecule has 9 heteroatoms. The fraction of sp³-hybridized carbons (Fsp3) is 0.360. The van der Waals surface area contributed by atoms with Crippen molar-refractivity contribution in [3.8, 4) is 11.4 Å². The zero-order valence-corrected chi connectivity index (χ0v) is 20.2. The molecule has 2 aromatic carbocycles. The van der Waals surface area contributed by atoms with Crippen LogP contribution in [0.25, 0.3) is 5.69 Å². The Balaban J connectivity index is 1.48. The summed E-state index contributed by atoms with van der Waals surface area (Å²) in [5, 5.41) is 10.9. The second kappa shape index (κ2) is 11.2. The minimum Gasteiger partial charge on any atom is -0.495 e. The van der Waals surface area contributed by atoms with Gasteiger partial charge in [0, 0.05) is 18.5 Å². The molecule has 0 atom stereocenters. The molecular formula is C25H29N5O3S. The zero-order chi connectivity index (χ0) is 23.9. The van der Waals surface area contributed by atoms with Crippen LogP contribution in [-0.2, 0) is 9.59 Å². The van der Waals surface area contributed by atoms with Crippen LogP contribution in [0.4, 0.5) is 11.4 Å². The number of ether oxygens (including phenoxy) is 1. The van der Waals surface area contributed by atoms with Crippen LogP contribution >= 0.6 is 11.8 Å². The average molecular weight is 480 g/mol. The first kappa shape index (κ1) is 23.8. The van der Waals surface area contributed by atoms with E-state index in [9.17, 15) is 9.59 Å². The molecule has 1 heterocycles. The molecule has 4 rings (SSSR count). The largest absolute Gasteiger partial charge is 0.495 e. The van der Waals surface area contributed by atoms with Crippen LogP contribution in [0, 0.1) is 0 Å². The Labute approximate surface area is 203 Å². The van der Waals surface area contributed by atoms with Crippen molar-refractivity contribution < 1.29 is 14.3 Å². The summed E-state index contributed by atoms with van der Waals surface area (Å²) in [6.07, 6.45) is 5.90. The molecule has 2 amide bonds. The highest BCUT2D eigenvalue weighted by Gasteiger charge is 2.24. The van der Waals surface area contributed by atoms with Crippen LogP contribution in [0.2, 0.25) is 0 Å². The highest BCUT2D eigenvalue weighted by atomic mass is 32.2. The number of carbonyl (C=O) groups excluding carboxylic acids is 2. The Morgan fingerprint density at radius 1 is 1.09 bits per heavy atom. The molecule has 1 saturated carbocycles. The van der Waals surface area contributed by atoms with Crippen molar-refractivity contribution in [1.29, 1.82) is 0 Å². The minimum absolute atomic E-state index is 0.149. The second-order valence-electron chi connectivity index (χ2n) is 8.27. The van der Waals surface area contributed by atoms with Crippen LogP contribution in [0.3, 0.4) is 0 Å². The summed E-state index contributed by atoms with van der Waals surface area (Å²) < 4.78 is 7.27. The minimum atomic E-state index is -0.210. The Hall–Kier alpha value is -3.33. The molecule has 0 saturated heterocycles. The van der Waals surface area contributed by atoms with Gasteiger partial charge in [0.1, 0.15) is 11.6 Å². The third-order valence-corrected chi connectivity index (χ3v) is 6.55. The summed E-state index contributed by atoms with van der Waals surface area (Å²) in [6.45, 7) is 1.43. The lowest BCUT2D eigenvalue weighted by Gasteiger charge is -2.21. The lowest BCUT2D eigenvalue weighted by atomic mass is 9.88. The van der Waals surface area contributed by atoms with Crippen molar-refractivity contribution >= 4 is 35.0 Å². The number of carbonyl (C=O) groups is 2. The molecule has 8 nitrogen and oxygen atoms in total. The number of nitrogens with zero attached hydrogens (tertiary/aromatic N) is 3. The van der Waals surface area contributed by atoms with E-state index in [1.165, 1.54) is 45.1 Å². The highest BCUT2D eigenvalue weighted by Crippen LogP contribution is 2.34. The Kier molecular flexibility index (Phi) is 7.84. The smallest absolute Gasteiger partial charge is 0.234 e. The number of benzene rings is 2. The zero-order valence-electron chi connectivity index (χ0n) is 19.4. The fourth-order valence-electron chi connectivity index (χ4n) is 4.15. The first-order valence-corrected chi connectivity index (χ1v) is 12.4. The number of para-hydroxylation sites is 1. The molecule has 1 aliphatic carbocycles. The number of rotatable bonds is 8. The predicted octanol–water partition coefficient (Wildman–Crippen LogP) is 5.01. The van der Waals surface area contributed by atoms with Gasteiger partial charge in [-0.25, -0.2) is 9.67 Å². The van der Waals surface area contributed by atoms with Gasteiger partial charge < -0.3 is 15.4 Å². The topological polar surface area (TPSA) is 98.1 Å². The number of thioether (sulfide) groups is 1. The van der Waals surface area contributed by atoms with Gasteiger partial charge >= 0.3 is 0 Å². The molecule has 0 unspecified atom stereocenters. The molecule has 0 aliphatic heterocycles. The van der Waals surface area contributed by atoms with Crippen LogP contribution in [0.1, 0.15) is 50.8 Å². The van der Waals surface area contributed by atoms with E-state index >= 15 is 0 Å². The molecule has 0 radical (unpaired) electrons. The van der Waals surface area contributed by atoms with Gasteiger partial charge in [0.15, 0.2) is 0 Å². The van der Waals surface area contributed by atoms with Crippen molar-refractivity contribution in [2.24, 2.45) is 0 Å². The van der Waals surface area contributed by atoms with Crippen LogP contribution in [0.5, 0.6) is 5.75 Å². The summed E-state index contributed by atoms with van der Waals surface area (Å²) in [5.74, 6) is 1.61. The molecule has 1 fully saturated rings. The summed E-state index contributed by atoms with van der Waals surface area (Å²) in [5.41, 5.74) is 2.05. The van der Waals surface area contributed by atoms with Crippen LogP contribution in [-0.4, -0.2) is 39.4 Å². The van der Waals surface area contributed by atoms with E-state index < -0.39 is 0 Å². The normalized spacial score (nSPS) is 13.9. The Morgan fingerprint density at radius 3 is 2.56 bits per heavy atom. The molecule has 3 aromatic rings. The molecule has 2 N–H and O–H groups in total. The van der Waals surface area contributed by atoms with Crippen LogP contribution in [0.15, 0.2) is 53.7 Å². The van der Waals surface area contributed by atoms with E-state index in [0.717, 1.165) is 24.4 Å². The molecule has 0 spiro atoms. The number of nitrogens with one attached hydrogen (secondary N) is 2. The van der Waals surface area contributed by atoms with E-state index in [4.69, 9.17) is 14.8 Å². The number of hydrogen-bond donors (Lipinski definition) is 2. The van der Waals surface area contributed by atoms with E-state index in [-0.39, 0.29) is 17.6 Å². The number of anilines is 2. The Morgan fingerprint density at radius 2 is 1.85 bits per heavy atom. The molecular weight excluding hydrogens is 450 g/mol. The second-order valence-corrected chi connectivity index (χ2v) is 9.21. The maximum atomic E-state index is 12.7. The summed E-state index contributed by atoms with van der Waals surface area (Å²) in [4.78, 5) is 28.9. The van der Waals surface area contributed by atoms with Crippen molar-refractivity contribution in [3.05, 3.63) is 54.4 Å². The maximum absolute atomic E-state index is 12.7. The van der Waals surface area contributed by atoms with Crippen molar-refractivity contribution in [2.75, 3.05) is 23.5 Å². The van der Waals surface area contributed by atoms with Gasteiger partial charge in [0.2, 0.25) is 17.0 Å². The monoisotopic (exact) mass is 479 g/mol. The van der Waals surface area contributed by atoms with E-state index in [2.05, 4.69) is 10.6 Å². The number of methoxy groups -OCH3 is 1. The standard InChI is InChI=1S/C25H29N5O3S/c1-17(31)26-19-13-14-22(33-2)21(15-19)27-23(32)16-34-25-28-24(18-9-5-3-6-10-18)30(29-25)20-11-7-4-8-12-20/h4,7-8,11-15,18H,3,5-6,9-10,16H2,1-2H3,(H,26,31)(H,27,32). The van der Waals surface area contributed by atoms with Crippen LogP contribution < -0.4 is 15.4 Å². The predicted molar refractivity (Wildman–Crippen MR) is 134 cm³/mol. The molecule has 34 heavy (non-hydrogen) atoms. The van der Waals surface area contributed by atoms with Gasteiger partial charge in [-0.3, -0.25) is 9.59 Å². The van der Waals surface area contributed by atoms with E-state index in [0.29, 0.717) is 28.2 Å². The molecule has 1 aromatic heterocycles. The number of aromatic nitrogens is 3. The van der Waals surface area contributed by atoms with E-state index in [1.54, 1.807) is 18.2 Å². The summed E-state index contributed by atoms with van der Waals surface area (Å²) >= 11 is 1.30. The maximum Gasteiger partial charge on any atom is 0.234 e. The highest BCUT2D eigenvalue weighted by molar-refractivity contribution is 7.99. The first-order chi connectivity index (χ1) is 16.5. The fourth-order valence-corrected chi connectivity index (χ4v) is 4.78. The number of hydrogen-bond acceptors (Lipinski definition) is 6. The summed E-state index contributed by atoms with van der Waals surface area (Å²) in [6, 6.07) is 15.1. The average Bonchev–Trinajstić information content (AvgIpc) is 3.28.